The molecule has 0 aliphatic heterocycles. The van der Waals surface area contributed by atoms with E-state index in [1.807, 2.05) is 25.1 Å². The van der Waals surface area contributed by atoms with E-state index < -0.39 is 0 Å². The van der Waals surface area contributed by atoms with Crippen molar-refractivity contribution < 1.29 is 9.53 Å². The van der Waals surface area contributed by atoms with Crippen molar-refractivity contribution in [3.8, 4) is 22.2 Å². The Balaban J connectivity index is 1.68. The zero-order valence-corrected chi connectivity index (χ0v) is 15.4. The molecule has 0 spiro atoms. The number of aryl methyl sites for hydroxylation is 1. The lowest BCUT2D eigenvalue weighted by Gasteiger charge is -2.04. The van der Waals surface area contributed by atoms with E-state index in [1.54, 1.807) is 23.0 Å². The summed E-state index contributed by atoms with van der Waals surface area (Å²) in [6.07, 6.45) is 3.42. The highest BCUT2D eigenvalue weighted by Gasteiger charge is 2.17. The standard InChI is InChI=1S/C17H12ClN5O2S/c1-9-3-6-14(22-21-9)25-11-4-5-13-12(7-19-23(13)8-11)17-20-16(18)15(26-17)10(2)24/h3-8H,1-2H3. The molecule has 130 valence electrons. The Morgan fingerprint density at radius 3 is 2.77 bits per heavy atom. The largest absolute Gasteiger partial charge is 0.436 e. The zero-order chi connectivity index (χ0) is 18.3. The number of thiazole rings is 1. The van der Waals surface area contributed by atoms with Crippen LogP contribution in [0.1, 0.15) is 22.3 Å². The van der Waals surface area contributed by atoms with E-state index in [9.17, 15) is 4.79 Å². The van der Waals surface area contributed by atoms with Gasteiger partial charge in [0.1, 0.15) is 15.6 Å². The molecule has 26 heavy (non-hydrogen) atoms. The van der Waals surface area contributed by atoms with Crippen molar-refractivity contribution in [1.82, 2.24) is 24.8 Å². The number of hydrogen-bond acceptors (Lipinski definition) is 7. The van der Waals surface area contributed by atoms with Crippen LogP contribution < -0.4 is 4.74 Å². The van der Waals surface area contributed by atoms with Crippen LogP contribution >= 0.6 is 22.9 Å². The molecule has 0 aliphatic rings. The van der Waals surface area contributed by atoms with E-state index in [0.29, 0.717) is 21.5 Å². The fourth-order valence-corrected chi connectivity index (χ4v) is 3.64. The molecular formula is C17H12ClN5O2S. The number of hydrogen-bond donors (Lipinski definition) is 0. The van der Waals surface area contributed by atoms with Gasteiger partial charge in [0.25, 0.3) is 0 Å². The van der Waals surface area contributed by atoms with E-state index in [2.05, 4.69) is 20.3 Å². The third-order valence-corrected chi connectivity index (χ3v) is 5.20. The van der Waals surface area contributed by atoms with E-state index in [-0.39, 0.29) is 10.9 Å². The summed E-state index contributed by atoms with van der Waals surface area (Å²) in [6, 6.07) is 7.25. The van der Waals surface area contributed by atoms with Crippen molar-refractivity contribution in [3.05, 3.63) is 52.4 Å². The van der Waals surface area contributed by atoms with Gasteiger partial charge in [-0.2, -0.15) is 10.2 Å². The minimum atomic E-state index is -0.106. The van der Waals surface area contributed by atoms with Crippen LogP contribution in [0.3, 0.4) is 0 Å². The van der Waals surface area contributed by atoms with Gasteiger partial charge in [-0.25, -0.2) is 9.50 Å². The summed E-state index contributed by atoms with van der Waals surface area (Å²) in [6.45, 7) is 3.33. The van der Waals surface area contributed by atoms with Gasteiger partial charge in [0.15, 0.2) is 10.9 Å². The van der Waals surface area contributed by atoms with Gasteiger partial charge in [-0.05, 0) is 25.1 Å². The summed E-state index contributed by atoms with van der Waals surface area (Å²) < 4.78 is 7.37. The molecule has 0 saturated carbocycles. The molecule has 0 unspecified atom stereocenters. The number of rotatable bonds is 4. The highest BCUT2D eigenvalue weighted by molar-refractivity contribution is 7.17. The number of halogens is 1. The van der Waals surface area contributed by atoms with Gasteiger partial charge in [0, 0.05) is 13.0 Å². The molecule has 0 amide bonds. The molecule has 0 aliphatic carbocycles. The summed E-state index contributed by atoms with van der Waals surface area (Å²) in [5.74, 6) is 0.872. The third kappa shape index (κ3) is 3.04. The number of Topliss-reactive ketones (excluding diaryl/α,β-unsaturated/α-hetero) is 1. The summed E-state index contributed by atoms with van der Waals surface area (Å²) in [5, 5.41) is 13.1. The number of aromatic nitrogens is 5. The molecule has 7 nitrogen and oxygen atoms in total. The van der Waals surface area contributed by atoms with Gasteiger partial charge in [0.05, 0.1) is 29.2 Å². The lowest BCUT2D eigenvalue weighted by Crippen LogP contribution is -1.94. The Hall–Kier alpha value is -2.84. The lowest BCUT2D eigenvalue weighted by atomic mass is 10.3. The molecule has 9 heteroatoms. The molecule has 0 atom stereocenters. The minimum absolute atomic E-state index is 0.106. The molecule has 0 radical (unpaired) electrons. The van der Waals surface area contributed by atoms with Gasteiger partial charge >= 0.3 is 0 Å². The monoisotopic (exact) mass is 385 g/mol. The number of carbonyl (C=O) groups is 1. The minimum Gasteiger partial charge on any atom is -0.436 e. The molecule has 0 N–H and O–H groups in total. The summed E-state index contributed by atoms with van der Waals surface area (Å²) >= 11 is 7.31. The number of fused-ring (bicyclic) bond motifs is 1. The Labute approximate surface area is 157 Å². The first-order chi connectivity index (χ1) is 12.5. The van der Waals surface area contributed by atoms with E-state index >= 15 is 0 Å². The summed E-state index contributed by atoms with van der Waals surface area (Å²) in [7, 11) is 0. The smallest absolute Gasteiger partial charge is 0.238 e. The Morgan fingerprint density at radius 1 is 1.23 bits per heavy atom. The molecular weight excluding hydrogens is 374 g/mol. The summed E-state index contributed by atoms with van der Waals surface area (Å²) in [4.78, 5) is 16.3. The van der Waals surface area contributed by atoms with Gasteiger partial charge in [0.2, 0.25) is 5.88 Å². The third-order valence-electron chi connectivity index (χ3n) is 3.62. The molecule has 0 saturated heterocycles. The maximum absolute atomic E-state index is 11.6. The highest BCUT2D eigenvalue weighted by atomic mass is 35.5. The number of ketones is 1. The topological polar surface area (TPSA) is 82.3 Å². The first-order valence-corrected chi connectivity index (χ1v) is 8.84. The van der Waals surface area contributed by atoms with Crippen LogP contribution in [-0.2, 0) is 0 Å². The Morgan fingerprint density at radius 2 is 2.08 bits per heavy atom. The molecule has 0 aromatic carbocycles. The van der Waals surface area contributed by atoms with Crippen molar-refractivity contribution in [2.45, 2.75) is 13.8 Å². The van der Waals surface area contributed by atoms with E-state index in [1.165, 1.54) is 18.3 Å². The van der Waals surface area contributed by atoms with Gasteiger partial charge < -0.3 is 4.74 Å². The van der Waals surface area contributed by atoms with Gasteiger partial charge in [-0.1, -0.05) is 11.6 Å². The van der Waals surface area contributed by atoms with Crippen LogP contribution in [0.5, 0.6) is 11.6 Å². The second-order valence-corrected chi connectivity index (χ2v) is 6.92. The second-order valence-electron chi connectivity index (χ2n) is 5.56. The van der Waals surface area contributed by atoms with Crippen LogP contribution in [0.2, 0.25) is 5.15 Å². The Kier molecular flexibility index (Phi) is 4.14. The molecule has 4 heterocycles. The first kappa shape index (κ1) is 16.6. The molecule has 4 aromatic heterocycles. The molecule has 4 rings (SSSR count). The molecule has 4 aromatic rings. The fourth-order valence-electron chi connectivity index (χ4n) is 2.39. The first-order valence-electron chi connectivity index (χ1n) is 7.64. The van der Waals surface area contributed by atoms with Crippen LogP contribution in [0, 0.1) is 6.92 Å². The van der Waals surface area contributed by atoms with Gasteiger partial charge in [-0.3, -0.25) is 4.79 Å². The maximum Gasteiger partial charge on any atom is 0.238 e. The van der Waals surface area contributed by atoms with Crippen molar-refractivity contribution in [3.63, 3.8) is 0 Å². The second kappa shape index (κ2) is 6.47. The number of ether oxygens (including phenoxy) is 1. The highest BCUT2D eigenvalue weighted by Crippen LogP contribution is 2.34. The average Bonchev–Trinajstić information content (AvgIpc) is 3.20. The SMILES string of the molecule is CC(=O)c1sc(-c2cnn3cc(Oc4ccc(C)nn4)ccc23)nc1Cl. The quantitative estimate of drug-likeness (QED) is 0.489. The lowest BCUT2D eigenvalue weighted by molar-refractivity contribution is 0.102. The van der Waals surface area contributed by atoms with Crippen molar-refractivity contribution in [2.75, 3.05) is 0 Å². The molecule has 0 bridgehead atoms. The zero-order valence-electron chi connectivity index (χ0n) is 13.8. The van der Waals surface area contributed by atoms with Crippen molar-refractivity contribution in [2.24, 2.45) is 0 Å². The van der Waals surface area contributed by atoms with Crippen LogP contribution in [0.25, 0.3) is 16.1 Å². The number of carbonyl (C=O) groups excluding carboxylic acids is 1. The molecule has 0 fully saturated rings. The number of nitrogens with zero attached hydrogens (tertiary/aromatic N) is 5. The van der Waals surface area contributed by atoms with Crippen molar-refractivity contribution in [1.29, 1.82) is 0 Å². The maximum atomic E-state index is 11.6. The summed E-state index contributed by atoms with van der Waals surface area (Å²) in [5.41, 5.74) is 2.44. The van der Waals surface area contributed by atoms with E-state index in [0.717, 1.165) is 16.8 Å². The van der Waals surface area contributed by atoms with Crippen molar-refractivity contribution >= 4 is 34.2 Å². The average molecular weight is 386 g/mol. The predicted molar refractivity (Wildman–Crippen MR) is 98.2 cm³/mol. The van der Waals surface area contributed by atoms with Gasteiger partial charge in [-0.15, -0.1) is 16.4 Å². The van der Waals surface area contributed by atoms with Crippen LogP contribution in [0.4, 0.5) is 0 Å². The number of pyridine rings is 1. The van der Waals surface area contributed by atoms with Crippen LogP contribution in [0.15, 0.2) is 36.7 Å². The fraction of sp³-hybridized carbons (Fsp3) is 0.118. The normalized spacial score (nSPS) is 11.0. The Bertz CT molecular complexity index is 1120. The predicted octanol–water partition coefficient (Wildman–Crippen LogP) is 4.20. The van der Waals surface area contributed by atoms with E-state index in [4.69, 9.17) is 16.3 Å². The van der Waals surface area contributed by atoms with Crippen LogP contribution in [-0.4, -0.2) is 30.6 Å².